The molecule has 0 atom stereocenters. The molecule has 128 valence electrons. The standard InChI is InChI=1S/C20H20N2OS2/c1-14-7-3-4-8-16(14)11-21-20(23)18-9-5-6-10-19(18)25-13-17-12-24-15(2)22-17/h3-10,12H,11,13H2,1-2H3,(H,21,23). The summed E-state index contributed by atoms with van der Waals surface area (Å²) < 4.78 is 0. The van der Waals surface area contributed by atoms with E-state index >= 15 is 0 Å². The molecule has 25 heavy (non-hydrogen) atoms. The van der Waals surface area contributed by atoms with Crippen molar-refractivity contribution in [3.05, 3.63) is 81.3 Å². The zero-order valence-corrected chi connectivity index (χ0v) is 15.9. The fourth-order valence-electron chi connectivity index (χ4n) is 2.49. The third-order valence-corrected chi connectivity index (χ3v) is 5.80. The number of aryl methyl sites for hydroxylation is 2. The van der Waals surface area contributed by atoms with Crippen molar-refractivity contribution in [1.29, 1.82) is 0 Å². The molecule has 0 aliphatic heterocycles. The highest BCUT2D eigenvalue weighted by atomic mass is 32.2. The Hall–Kier alpha value is -2.11. The number of aromatic nitrogens is 1. The summed E-state index contributed by atoms with van der Waals surface area (Å²) in [4.78, 5) is 18.1. The smallest absolute Gasteiger partial charge is 0.252 e. The van der Waals surface area contributed by atoms with Gasteiger partial charge in [-0.2, -0.15) is 0 Å². The van der Waals surface area contributed by atoms with Crippen LogP contribution in [0, 0.1) is 13.8 Å². The van der Waals surface area contributed by atoms with Gasteiger partial charge in [0.25, 0.3) is 5.91 Å². The lowest BCUT2D eigenvalue weighted by atomic mass is 10.1. The fraction of sp³-hybridized carbons (Fsp3) is 0.200. The maximum atomic E-state index is 12.6. The maximum Gasteiger partial charge on any atom is 0.252 e. The Morgan fingerprint density at radius 1 is 1.12 bits per heavy atom. The van der Waals surface area contributed by atoms with E-state index in [2.05, 4.69) is 28.7 Å². The summed E-state index contributed by atoms with van der Waals surface area (Å²) in [6, 6.07) is 15.8. The van der Waals surface area contributed by atoms with Gasteiger partial charge in [0.05, 0.1) is 16.3 Å². The number of hydrogen-bond acceptors (Lipinski definition) is 4. The van der Waals surface area contributed by atoms with Gasteiger partial charge >= 0.3 is 0 Å². The Bertz CT molecular complexity index is 873. The molecular formula is C20H20N2OS2. The number of carbonyl (C=O) groups excluding carboxylic acids is 1. The molecule has 0 fully saturated rings. The van der Waals surface area contributed by atoms with E-state index in [9.17, 15) is 4.79 Å². The number of nitrogens with zero attached hydrogens (tertiary/aromatic N) is 1. The Balaban J connectivity index is 1.67. The van der Waals surface area contributed by atoms with Gasteiger partial charge in [0.15, 0.2) is 0 Å². The molecule has 2 aromatic carbocycles. The van der Waals surface area contributed by atoms with Crippen molar-refractivity contribution in [2.75, 3.05) is 0 Å². The molecule has 1 aromatic heterocycles. The number of benzene rings is 2. The predicted octanol–water partition coefficient (Wildman–Crippen LogP) is 4.98. The molecule has 0 saturated heterocycles. The summed E-state index contributed by atoms with van der Waals surface area (Å²) in [6.07, 6.45) is 0. The topological polar surface area (TPSA) is 42.0 Å². The SMILES string of the molecule is Cc1nc(CSc2ccccc2C(=O)NCc2ccccc2C)cs1. The lowest BCUT2D eigenvalue weighted by molar-refractivity contribution is 0.0948. The summed E-state index contributed by atoms with van der Waals surface area (Å²) in [5, 5.41) is 6.17. The van der Waals surface area contributed by atoms with E-state index in [1.165, 1.54) is 5.56 Å². The molecular weight excluding hydrogens is 348 g/mol. The molecule has 0 spiro atoms. The Kier molecular flexibility index (Phi) is 5.89. The van der Waals surface area contributed by atoms with Crippen LogP contribution in [0.5, 0.6) is 0 Å². The largest absolute Gasteiger partial charge is 0.348 e. The number of carbonyl (C=O) groups is 1. The molecule has 3 nitrogen and oxygen atoms in total. The number of nitrogens with one attached hydrogen (secondary N) is 1. The summed E-state index contributed by atoms with van der Waals surface area (Å²) in [6.45, 7) is 4.60. The minimum Gasteiger partial charge on any atom is -0.348 e. The first kappa shape index (κ1) is 17.7. The molecule has 1 amide bonds. The van der Waals surface area contributed by atoms with Gasteiger partial charge in [-0.05, 0) is 37.1 Å². The fourth-order valence-corrected chi connectivity index (χ4v) is 4.15. The van der Waals surface area contributed by atoms with Crippen molar-refractivity contribution in [3.63, 3.8) is 0 Å². The molecule has 5 heteroatoms. The first-order chi connectivity index (χ1) is 12.1. The van der Waals surface area contributed by atoms with Gasteiger partial charge in [0.2, 0.25) is 0 Å². The zero-order chi connectivity index (χ0) is 17.6. The number of thioether (sulfide) groups is 1. The average Bonchev–Trinajstić information content (AvgIpc) is 3.04. The van der Waals surface area contributed by atoms with Crippen LogP contribution in [-0.4, -0.2) is 10.9 Å². The summed E-state index contributed by atoms with van der Waals surface area (Å²) in [5.41, 5.74) is 4.10. The third-order valence-electron chi connectivity index (χ3n) is 3.87. The second-order valence-electron chi connectivity index (χ2n) is 5.75. The van der Waals surface area contributed by atoms with E-state index in [0.717, 1.165) is 26.9 Å². The van der Waals surface area contributed by atoms with Crippen LogP contribution in [-0.2, 0) is 12.3 Å². The summed E-state index contributed by atoms with van der Waals surface area (Å²) in [7, 11) is 0. The van der Waals surface area contributed by atoms with Crippen molar-refractivity contribution in [2.24, 2.45) is 0 Å². The van der Waals surface area contributed by atoms with Crippen molar-refractivity contribution in [1.82, 2.24) is 10.3 Å². The van der Waals surface area contributed by atoms with E-state index in [1.54, 1.807) is 23.1 Å². The monoisotopic (exact) mass is 368 g/mol. The van der Waals surface area contributed by atoms with Gasteiger partial charge in [-0.15, -0.1) is 23.1 Å². The van der Waals surface area contributed by atoms with E-state index in [0.29, 0.717) is 12.1 Å². The average molecular weight is 369 g/mol. The van der Waals surface area contributed by atoms with E-state index in [-0.39, 0.29) is 5.91 Å². The van der Waals surface area contributed by atoms with Crippen LogP contribution in [0.15, 0.2) is 58.8 Å². The second-order valence-corrected chi connectivity index (χ2v) is 7.83. The first-order valence-electron chi connectivity index (χ1n) is 8.09. The molecule has 0 aliphatic rings. The number of rotatable bonds is 6. The van der Waals surface area contributed by atoms with Crippen LogP contribution < -0.4 is 5.32 Å². The maximum absolute atomic E-state index is 12.6. The first-order valence-corrected chi connectivity index (χ1v) is 9.95. The van der Waals surface area contributed by atoms with Crippen LogP contribution in [0.25, 0.3) is 0 Å². The van der Waals surface area contributed by atoms with Crippen LogP contribution in [0.1, 0.15) is 32.2 Å². The lowest BCUT2D eigenvalue weighted by Gasteiger charge is -2.11. The van der Waals surface area contributed by atoms with Gasteiger partial charge in [-0.1, -0.05) is 36.4 Å². The Morgan fingerprint density at radius 2 is 1.88 bits per heavy atom. The van der Waals surface area contributed by atoms with Crippen LogP contribution in [0.4, 0.5) is 0 Å². The van der Waals surface area contributed by atoms with Gasteiger partial charge in [0, 0.05) is 22.6 Å². The van der Waals surface area contributed by atoms with Crippen molar-refractivity contribution in [3.8, 4) is 0 Å². The Morgan fingerprint density at radius 3 is 2.64 bits per heavy atom. The summed E-state index contributed by atoms with van der Waals surface area (Å²) in [5.74, 6) is 0.729. The second kappa shape index (κ2) is 8.32. The van der Waals surface area contributed by atoms with E-state index < -0.39 is 0 Å². The Labute approximate surface area is 156 Å². The van der Waals surface area contributed by atoms with Crippen molar-refractivity contribution < 1.29 is 4.79 Å². The minimum absolute atomic E-state index is 0.0409. The lowest BCUT2D eigenvalue weighted by Crippen LogP contribution is -2.23. The summed E-state index contributed by atoms with van der Waals surface area (Å²) >= 11 is 3.30. The minimum atomic E-state index is -0.0409. The third kappa shape index (κ3) is 4.71. The molecule has 1 heterocycles. The van der Waals surface area contributed by atoms with Crippen LogP contribution in [0.2, 0.25) is 0 Å². The highest BCUT2D eigenvalue weighted by Gasteiger charge is 2.12. The number of amides is 1. The van der Waals surface area contributed by atoms with Gasteiger partial charge in [0.1, 0.15) is 0 Å². The molecule has 0 saturated carbocycles. The highest BCUT2D eigenvalue weighted by molar-refractivity contribution is 7.98. The van der Waals surface area contributed by atoms with E-state index in [1.807, 2.05) is 49.4 Å². The molecule has 0 aliphatic carbocycles. The van der Waals surface area contributed by atoms with Crippen molar-refractivity contribution in [2.45, 2.75) is 31.0 Å². The number of hydrogen-bond donors (Lipinski definition) is 1. The molecule has 3 aromatic rings. The van der Waals surface area contributed by atoms with Gasteiger partial charge in [-0.3, -0.25) is 4.79 Å². The van der Waals surface area contributed by atoms with Crippen molar-refractivity contribution >= 4 is 29.0 Å². The molecule has 0 radical (unpaired) electrons. The normalized spacial score (nSPS) is 10.6. The zero-order valence-electron chi connectivity index (χ0n) is 14.3. The number of thiazole rings is 1. The van der Waals surface area contributed by atoms with Gasteiger partial charge < -0.3 is 5.32 Å². The quantitative estimate of drug-likeness (QED) is 0.624. The molecule has 3 rings (SSSR count). The molecule has 0 bridgehead atoms. The molecule has 1 N–H and O–H groups in total. The predicted molar refractivity (Wildman–Crippen MR) is 105 cm³/mol. The van der Waals surface area contributed by atoms with Crippen LogP contribution >= 0.6 is 23.1 Å². The van der Waals surface area contributed by atoms with E-state index in [4.69, 9.17) is 0 Å². The van der Waals surface area contributed by atoms with Crippen LogP contribution in [0.3, 0.4) is 0 Å². The highest BCUT2D eigenvalue weighted by Crippen LogP contribution is 2.27. The molecule has 0 unspecified atom stereocenters. The van der Waals surface area contributed by atoms with Gasteiger partial charge in [-0.25, -0.2) is 4.98 Å².